The Morgan fingerprint density at radius 3 is 2.57 bits per heavy atom. The molecule has 0 saturated carbocycles. The summed E-state index contributed by atoms with van der Waals surface area (Å²) in [6.07, 6.45) is 0.819. The van der Waals surface area contributed by atoms with Crippen molar-refractivity contribution in [2.75, 3.05) is 6.61 Å². The Balaban J connectivity index is 3.88. The molecule has 1 atom stereocenters. The second kappa shape index (κ2) is 5.43. The molecule has 4 N–H and O–H groups in total. The Hall–Kier alpha value is -1.30. The van der Waals surface area contributed by atoms with Crippen molar-refractivity contribution >= 4 is 12.1 Å². The van der Waals surface area contributed by atoms with Gasteiger partial charge < -0.3 is 9.84 Å². The molecule has 1 amide bonds. The van der Waals surface area contributed by atoms with E-state index in [1.54, 1.807) is 0 Å². The van der Waals surface area contributed by atoms with Crippen molar-refractivity contribution in [2.45, 2.75) is 32.4 Å². The monoisotopic (exact) mass is 204 g/mol. The van der Waals surface area contributed by atoms with Crippen molar-refractivity contribution in [1.82, 2.24) is 5.32 Å². The summed E-state index contributed by atoms with van der Waals surface area (Å²) in [6, 6.07) is 0. The SMILES string of the molecule is CCCCOC(=O)N[C@@](C)(N)C(=O)O. The van der Waals surface area contributed by atoms with Crippen LogP contribution >= 0.6 is 0 Å². The van der Waals surface area contributed by atoms with Gasteiger partial charge in [-0.25, -0.2) is 9.59 Å². The minimum absolute atomic E-state index is 0.262. The topological polar surface area (TPSA) is 102 Å². The number of unbranched alkanes of at least 4 members (excludes halogenated alkanes) is 1. The van der Waals surface area contributed by atoms with Crippen LogP contribution in [0.3, 0.4) is 0 Å². The van der Waals surface area contributed by atoms with Crippen molar-refractivity contribution in [3.05, 3.63) is 0 Å². The minimum Gasteiger partial charge on any atom is -0.479 e. The first-order valence-electron chi connectivity index (χ1n) is 4.37. The highest BCUT2D eigenvalue weighted by molar-refractivity contribution is 5.83. The standard InChI is InChI=1S/C8H16N2O4/c1-3-4-5-14-7(13)10-8(2,9)6(11)12/h3-5,9H2,1-2H3,(H,10,13)(H,11,12)/t8-/m1/s1. The van der Waals surface area contributed by atoms with Crippen LogP contribution in [0.25, 0.3) is 0 Å². The molecule has 14 heavy (non-hydrogen) atoms. The largest absolute Gasteiger partial charge is 0.479 e. The highest BCUT2D eigenvalue weighted by Gasteiger charge is 2.30. The number of carbonyl (C=O) groups excluding carboxylic acids is 1. The molecule has 82 valence electrons. The lowest BCUT2D eigenvalue weighted by Gasteiger charge is -2.20. The van der Waals surface area contributed by atoms with Gasteiger partial charge in [0.15, 0.2) is 5.66 Å². The first-order valence-corrected chi connectivity index (χ1v) is 4.37. The molecule has 0 bridgehead atoms. The van der Waals surface area contributed by atoms with Gasteiger partial charge in [0, 0.05) is 0 Å². The fraction of sp³-hybridized carbons (Fsp3) is 0.750. The molecule has 0 fully saturated rings. The molecule has 6 nitrogen and oxygen atoms in total. The number of nitrogens with one attached hydrogen (secondary N) is 1. The van der Waals surface area contributed by atoms with E-state index in [4.69, 9.17) is 10.8 Å². The van der Waals surface area contributed by atoms with Gasteiger partial charge in [-0.2, -0.15) is 0 Å². The van der Waals surface area contributed by atoms with Crippen molar-refractivity contribution in [2.24, 2.45) is 5.73 Å². The third-order valence-electron chi connectivity index (χ3n) is 1.54. The van der Waals surface area contributed by atoms with Gasteiger partial charge in [-0.05, 0) is 13.3 Å². The van der Waals surface area contributed by atoms with Gasteiger partial charge in [0.1, 0.15) is 0 Å². The maximum Gasteiger partial charge on any atom is 0.409 e. The normalized spacial score (nSPS) is 14.2. The predicted octanol–water partition coefficient (Wildman–Crippen LogP) is 0.272. The lowest BCUT2D eigenvalue weighted by Crippen LogP contribution is -2.59. The summed E-state index contributed by atoms with van der Waals surface area (Å²) in [7, 11) is 0. The van der Waals surface area contributed by atoms with Crippen LogP contribution in [0, 0.1) is 0 Å². The summed E-state index contributed by atoms with van der Waals surface area (Å²) in [5.41, 5.74) is 3.46. The molecule has 0 aromatic heterocycles. The quantitative estimate of drug-likeness (QED) is 0.440. The number of rotatable bonds is 5. The highest BCUT2D eigenvalue weighted by atomic mass is 16.5. The maximum absolute atomic E-state index is 11.0. The van der Waals surface area contributed by atoms with E-state index >= 15 is 0 Å². The van der Waals surface area contributed by atoms with E-state index in [1.165, 1.54) is 6.92 Å². The molecular weight excluding hydrogens is 188 g/mol. The summed E-state index contributed by atoms with van der Waals surface area (Å²) < 4.78 is 4.68. The number of carboxylic acid groups (broad SMARTS) is 1. The molecule has 0 spiro atoms. The number of carbonyl (C=O) groups is 2. The molecule has 0 unspecified atom stereocenters. The van der Waals surface area contributed by atoms with Gasteiger partial charge in [0.05, 0.1) is 6.61 Å². The number of aliphatic carboxylic acids is 1. The number of hydrogen-bond acceptors (Lipinski definition) is 4. The first-order chi connectivity index (χ1) is 6.40. The highest BCUT2D eigenvalue weighted by Crippen LogP contribution is 1.95. The molecule has 0 aromatic rings. The van der Waals surface area contributed by atoms with Crippen LogP contribution in [-0.2, 0) is 9.53 Å². The Labute approximate surface area is 82.4 Å². The second-order valence-electron chi connectivity index (χ2n) is 3.12. The van der Waals surface area contributed by atoms with E-state index in [2.05, 4.69) is 4.74 Å². The predicted molar refractivity (Wildman–Crippen MR) is 49.6 cm³/mol. The van der Waals surface area contributed by atoms with Gasteiger partial charge in [0.2, 0.25) is 0 Å². The molecule has 6 heteroatoms. The van der Waals surface area contributed by atoms with Gasteiger partial charge in [-0.15, -0.1) is 0 Å². The fourth-order valence-electron chi connectivity index (χ4n) is 0.611. The zero-order valence-corrected chi connectivity index (χ0v) is 8.37. The molecule has 0 aliphatic heterocycles. The van der Waals surface area contributed by atoms with E-state index in [-0.39, 0.29) is 6.61 Å². The van der Waals surface area contributed by atoms with Crippen LogP contribution in [0.2, 0.25) is 0 Å². The van der Waals surface area contributed by atoms with Crippen LogP contribution in [-0.4, -0.2) is 29.4 Å². The first kappa shape index (κ1) is 12.7. The maximum atomic E-state index is 11.0. The van der Waals surface area contributed by atoms with Crippen LogP contribution in [0.15, 0.2) is 0 Å². The van der Waals surface area contributed by atoms with E-state index < -0.39 is 17.7 Å². The van der Waals surface area contributed by atoms with E-state index in [1.807, 2.05) is 12.2 Å². The van der Waals surface area contributed by atoms with Crippen LogP contribution < -0.4 is 11.1 Å². The summed E-state index contributed by atoms with van der Waals surface area (Å²) in [5, 5.41) is 10.6. The number of hydrogen-bond donors (Lipinski definition) is 3. The van der Waals surface area contributed by atoms with E-state index in [9.17, 15) is 9.59 Å². The van der Waals surface area contributed by atoms with Crippen LogP contribution in [0.5, 0.6) is 0 Å². The third kappa shape index (κ3) is 4.66. The summed E-state index contributed by atoms with van der Waals surface area (Å²) in [6.45, 7) is 3.39. The van der Waals surface area contributed by atoms with Crippen LogP contribution in [0.1, 0.15) is 26.7 Å². The number of alkyl carbamates (subject to hydrolysis) is 1. The summed E-state index contributed by atoms with van der Waals surface area (Å²) in [4.78, 5) is 21.5. The molecule has 0 saturated heterocycles. The van der Waals surface area contributed by atoms with Crippen molar-refractivity contribution in [3.63, 3.8) is 0 Å². The Kier molecular flexibility index (Phi) is 4.93. The Bertz CT molecular complexity index is 215. The minimum atomic E-state index is -1.79. The van der Waals surface area contributed by atoms with E-state index in [0.717, 1.165) is 12.8 Å². The third-order valence-corrected chi connectivity index (χ3v) is 1.54. The second-order valence-corrected chi connectivity index (χ2v) is 3.12. The Morgan fingerprint density at radius 1 is 1.57 bits per heavy atom. The van der Waals surface area contributed by atoms with E-state index in [0.29, 0.717) is 0 Å². The van der Waals surface area contributed by atoms with Crippen molar-refractivity contribution < 1.29 is 19.4 Å². The summed E-state index contributed by atoms with van der Waals surface area (Å²) >= 11 is 0. The number of ether oxygens (including phenoxy) is 1. The zero-order chi connectivity index (χ0) is 11.2. The summed E-state index contributed by atoms with van der Waals surface area (Å²) in [5.74, 6) is -1.31. The number of carboxylic acids is 1. The lowest BCUT2D eigenvalue weighted by atomic mass is 10.2. The average Bonchev–Trinajstić information content (AvgIpc) is 2.03. The fourth-order valence-corrected chi connectivity index (χ4v) is 0.611. The smallest absolute Gasteiger partial charge is 0.409 e. The van der Waals surface area contributed by atoms with Gasteiger partial charge in [0.25, 0.3) is 0 Å². The van der Waals surface area contributed by atoms with Crippen molar-refractivity contribution in [1.29, 1.82) is 0 Å². The molecule has 0 aliphatic rings. The molecule has 0 aromatic carbocycles. The molecule has 0 heterocycles. The molecule has 0 rings (SSSR count). The lowest BCUT2D eigenvalue weighted by molar-refractivity contribution is -0.143. The average molecular weight is 204 g/mol. The van der Waals surface area contributed by atoms with Crippen molar-refractivity contribution in [3.8, 4) is 0 Å². The van der Waals surface area contributed by atoms with Crippen LogP contribution in [0.4, 0.5) is 4.79 Å². The molecule has 0 radical (unpaired) electrons. The zero-order valence-electron chi connectivity index (χ0n) is 8.37. The number of amides is 1. The van der Waals surface area contributed by atoms with Gasteiger partial charge in [-0.1, -0.05) is 13.3 Å². The molecular formula is C8H16N2O4. The Morgan fingerprint density at radius 2 is 2.14 bits per heavy atom. The van der Waals surface area contributed by atoms with Gasteiger partial charge >= 0.3 is 12.1 Å². The molecule has 0 aliphatic carbocycles. The van der Waals surface area contributed by atoms with Gasteiger partial charge in [-0.3, -0.25) is 11.1 Å². The number of nitrogens with two attached hydrogens (primary N) is 1.